The van der Waals surface area contributed by atoms with E-state index in [9.17, 15) is 0 Å². The number of hydrogen-bond acceptors (Lipinski definition) is 6. The minimum atomic E-state index is 0.344. The zero-order valence-electron chi connectivity index (χ0n) is 14.0. The average Bonchev–Trinajstić information content (AvgIpc) is 3.20. The summed E-state index contributed by atoms with van der Waals surface area (Å²) in [6.45, 7) is 5.39. The Morgan fingerprint density at radius 1 is 1.21 bits per heavy atom. The Labute approximate surface area is 140 Å². The van der Waals surface area contributed by atoms with Gasteiger partial charge < -0.3 is 14.5 Å². The van der Waals surface area contributed by atoms with Gasteiger partial charge in [0.15, 0.2) is 5.84 Å². The van der Waals surface area contributed by atoms with Gasteiger partial charge in [0.25, 0.3) is 0 Å². The molecular weight excluding hydrogens is 304 g/mol. The lowest BCUT2D eigenvalue weighted by Crippen LogP contribution is -2.36. The molecule has 1 aromatic carbocycles. The molecule has 0 fully saturated rings. The van der Waals surface area contributed by atoms with Gasteiger partial charge in [-0.15, -0.1) is 5.10 Å². The molecule has 0 saturated heterocycles. The first-order valence-corrected chi connectivity index (χ1v) is 8.01. The first-order chi connectivity index (χ1) is 11.7. The van der Waals surface area contributed by atoms with Crippen LogP contribution in [0.4, 0.5) is 11.4 Å². The van der Waals surface area contributed by atoms with E-state index < -0.39 is 0 Å². The molecule has 24 heavy (non-hydrogen) atoms. The summed E-state index contributed by atoms with van der Waals surface area (Å²) in [6, 6.07) is 8.75. The van der Waals surface area contributed by atoms with Crippen molar-refractivity contribution in [3.8, 4) is 0 Å². The van der Waals surface area contributed by atoms with Gasteiger partial charge in [0, 0.05) is 19.4 Å². The number of aromatic nitrogens is 3. The molecule has 2 aliphatic rings. The highest BCUT2D eigenvalue weighted by Gasteiger charge is 2.33. The number of aliphatic imine (C=N–C) groups is 1. The van der Waals surface area contributed by atoms with Crippen molar-refractivity contribution in [2.45, 2.75) is 26.5 Å². The number of fused-ring (bicyclic) bond motifs is 3. The molecule has 0 aliphatic carbocycles. The van der Waals surface area contributed by atoms with Crippen LogP contribution in [0.15, 0.2) is 47.4 Å². The second kappa shape index (κ2) is 5.76. The summed E-state index contributed by atoms with van der Waals surface area (Å²) in [6.07, 6.45) is 3.86. The molecule has 7 heteroatoms. The third-order valence-electron chi connectivity index (χ3n) is 4.26. The number of hydrogen-bond donors (Lipinski definition) is 0. The Kier molecular flexibility index (Phi) is 3.57. The standard InChI is InChI=1S/C17H20N6O/c1-12(2)21-9-16-17(23-13(10-24-3)8-19-20-23)18-11-22(16)15-7-5-4-6-14(15)21/h4-9,12H,10-11H2,1-3H3. The number of benzene rings is 1. The highest BCUT2D eigenvalue weighted by molar-refractivity contribution is 6.07. The molecule has 0 unspecified atom stereocenters. The number of para-hydroxylation sites is 2. The summed E-state index contributed by atoms with van der Waals surface area (Å²) in [7, 11) is 1.66. The van der Waals surface area contributed by atoms with Crippen molar-refractivity contribution in [2.24, 2.45) is 4.99 Å². The lowest BCUT2D eigenvalue weighted by Gasteiger charge is -2.36. The van der Waals surface area contributed by atoms with Gasteiger partial charge in [-0.1, -0.05) is 17.3 Å². The molecule has 4 rings (SSSR count). The maximum Gasteiger partial charge on any atom is 0.178 e. The summed E-state index contributed by atoms with van der Waals surface area (Å²) in [5.41, 5.74) is 4.28. The monoisotopic (exact) mass is 324 g/mol. The Morgan fingerprint density at radius 2 is 2.00 bits per heavy atom. The molecule has 0 amide bonds. The van der Waals surface area contributed by atoms with Crippen LogP contribution in [0.3, 0.4) is 0 Å². The van der Waals surface area contributed by atoms with Crippen LogP contribution in [0.2, 0.25) is 0 Å². The normalized spacial score (nSPS) is 16.2. The fourth-order valence-electron chi connectivity index (χ4n) is 3.14. The van der Waals surface area contributed by atoms with Crippen LogP contribution in [0.1, 0.15) is 19.5 Å². The van der Waals surface area contributed by atoms with Gasteiger partial charge in [-0.3, -0.25) is 0 Å². The third kappa shape index (κ3) is 2.20. The summed E-state index contributed by atoms with van der Waals surface area (Å²) in [5, 5.41) is 8.22. The summed E-state index contributed by atoms with van der Waals surface area (Å²) >= 11 is 0. The molecule has 0 radical (unpaired) electrons. The predicted octanol–water partition coefficient (Wildman–Crippen LogP) is 2.22. The third-order valence-corrected chi connectivity index (χ3v) is 4.26. The van der Waals surface area contributed by atoms with E-state index in [-0.39, 0.29) is 0 Å². The molecule has 0 N–H and O–H groups in total. The van der Waals surface area contributed by atoms with Crippen molar-refractivity contribution < 1.29 is 4.74 Å². The Morgan fingerprint density at radius 3 is 2.75 bits per heavy atom. The van der Waals surface area contributed by atoms with Crippen LogP contribution in [0.25, 0.3) is 0 Å². The zero-order chi connectivity index (χ0) is 16.7. The number of anilines is 2. The van der Waals surface area contributed by atoms with Gasteiger partial charge in [-0.05, 0) is 26.0 Å². The SMILES string of the molecule is COCc1cnnn1C1=NCN2C1=CN(C(C)C)c1ccccc12. The predicted molar refractivity (Wildman–Crippen MR) is 93.1 cm³/mol. The first-order valence-electron chi connectivity index (χ1n) is 8.01. The van der Waals surface area contributed by atoms with E-state index >= 15 is 0 Å². The van der Waals surface area contributed by atoms with Gasteiger partial charge in [-0.2, -0.15) is 4.68 Å². The fourth-order valence-corrected chi connectivity index (χ4v) is 3.14. The summed E-state index contributed by atoms with van der Waals surface area (Å²) in [5.74, 6) is 0.805. The van der Waals surface area contributed by atoms with Crippen LogP contribution < -0.4 is 9.80 Å². The number of ether oxygens (including phenoxy) is 1. The first kappa shape index (κ1) is 14.9. The number of methoxy groups -OCH3 is 1. The van der Waals surface area contributed by atoms with Crippen molar-refractivity contribution in [3.63, 3.8) is 0 Å². The molecule has 1 aromatic heterocycles. The van der Waals surface area contributed by atoms with E-state index in [0.29, 0.717) is 19.3 Å². The van der Waals surface area contributed by atoms with Gasteiger partial charge in [-0.25, -0.2) is 4.99 Å². The van der Waals surface area contributed by atoms with E-state index in [1.165, 1.54) is 5.69 Å². The molecular formula is C17H20N6O. The second-order valence-corrected chi connectivity index (χ2v) is 6.13. The van der Waals surface area contributed by atoms with Gasteiger partial charge in [0.05, 0.1) is 29.9 Å². The molecule has 7 nitrogen and oxygen atoms in total. The lowest BCUT2D eigenvalue weighted by molar-refractivity contribution is 0.180. The Balaban J connectivity index is 1.79. The van der Waals surface area contributed by atoms with Crippen molar-refractivity contribution in [1.29, 1.82) is 0 Å². The van der Waals surface area contributed by atoms with Crippen molar-refractivity contribution in [2.75, 3.05) is 23.6 Å². The smallest absolute Gasteiger partial charge is 0.178 e. The van der Waals surface area contributed by atoms with Crippen LogP contribution in [-0.4, -0.2) is 40.6 Å². The van der Waals surface area contributed by atoms with E-state index in [4.69, 9.17) is 9.73 Å². The molecule has 3 heterocycles. The molecule has 0 bridgehead atoms. The van der Waals surface area contributed by atoms with Crippen molar-refractivity contribution in [1.82, 2.24) is 15.0 Å². The minimum absolute atomic E-state index is 0.344. The van der Waals surface area contributed by atoms with E-state index in [0.717, 1.165) is 22.9 Å². The highest BCUT2D eigenvalue weighted by atomic mass is 16.5. The molecule has 0 saturated carbocycles. The maximum atomic E-state index is 5.24. The Bertz CT molecular complexity index is 822. The molecule has 2 aromatic rings. The lowest BCUT2D eigenvalue weighted by atomic mass is 10.1. The van der Waals surface area contributed by atoms with Gasteiger partial charge in [0.2, 0.25) is 0 Å². The second-order valence-electron chi connectivity index (χ2n) is 6.13. The maximum absolute atomic E-state index is 5.24. The largest absolute Gasteiger partial charge is 0.378 e. The molecule has 0 spiro atoms. The summed E-state index contributed by atoms with van der Waals surface area (Å²) in [4.78, 5) is 9.19. The van der Waals surface area contributed by atoms with Gasteiger partial charge in [0.1, 0.15) is 12.4 Å². The zero-order valence-corrected chi connectivity index (χ0v) is 14.0. The molecule has 0 atom stereocenters. The number of rotatable bonds is 3. The fraction of sp³-hybridized carbons (Fsp3) is 0.353. The van der Waals surface area contributed by atoms with Crippen LogP contribution in [-0.2, 0) is 11.3 Å². The van der Waals surface area contributed by atoms with Crippen LogP contribution in [0.5, 0.6) is 0 Å². The van der Waals surface area contributed by atoms with Crippen molar-refractivity contribution in [3.05, 3.63) is 48.1 Å². The van der Waals surface area contributed by atoms with E-state index in [2.05, 4.69) is 64.4 Å². The van der Waals surface area contributed by atoms with Gasteiger partial charge >= 0.3 is 0 Å². The average molecular weight is 324 g/mol. The topological polar surface area (TPSA) is 58.8 Å². The van der Waals surface area contributed by atoms with Crippen LogP contribution in [0, 0.1) is 0 Å². The van der Waals surface area contributed by atoms with E-state index in [1.807, 2.05) is 0 Å². The number of nitrogens with zero attached hydrogens (tertiary/aromatic N) is 6. The molecule has 2 aliphatic heterocycles. The van der Waals surface area contributed by atoms with Crippen LogP contribution >= 0.6 is 0 Å². The highest BCUT2D eigenvalue weighted by Crippen LogP contribution is 2.39. The van der Waals surface area contributed by atoms with E-state index in [1.54, 1.807) is 18.0 Å². The minimum Gasteiger partial charge on any atom is -0.378 e. The molecule has 124 valence electrons. The quantitative estimate of drug-likeness (QED) is 0.866. The van der Waals surface area contributed by atoms with Crippen molar-refractivity contribution >= 4 is 17.2 Å². The number of allylic oxidation sites excluding steroid dienone is 1. The summed E-state index contributed by atoms with van der Waals surface area (Å²) < 4.78 is 7.00. The Hall–Kier alpha value is -2.67.